The van der Waals surface area contributed by atoms with Gasteiger partial charge in [-0.15, -0.1) is 0 Å². The van der Waals surface area contributed by atoms with Gasteiger partial charge in [0.2, 0.25) is 0 Å². The van der Waals surface area contributed by atoms with Crippen molar-refractivity contribution in [2.24, 2.45) is 5.92 Å². The molecule has 2 fully saturated rings. The van der Waals surface area contributed by atoms with Crippen LogP contribution < -0.4 is 5.32 Å². The number of nitrogens with one attached hydrogen (secondary N) is 1. The zero-order valence-corrected chi connectivity index (χ0v) is 11.9. The first-order valence-corrected chi connectivity index (χ1v) is 7.71. The second-order valence-electron chi connectivity index (χ2n) is 6.29. The zero-order valence-electron chi connectivity index (χ0n) is 11.9. The van der Waals surface area contributed by atoms with Gasteiger partial charge < -0.3 is 5.32 Å². The van der Waals surface area contributed by atoms with Crippen LogP contribution in [-0.4, -0.2) is 36.1 Å². The normalized spacial score (nSPS) is 28.6. The van der Waals surface area contributed by atoms with Gasteiger partial charge in [-0.25, -0.2) is 0 Å². The van der Waals surface area contributed by atoms with Crippen molar-refractivity contribution in [3.05, 3.63) is 0 Å². The third kappa shape index (κ3) is 3.69. The summed E-state index contributed by atoms with van der Waals surface area (Å²) in [7, 11) is 0. The minimum atomic E-state index is 0.751. The highest BCUT2D eigenvalue weighted by Crippen LogP contribution is 2.26. The maximum Gasteiger partial charge on any atom is 0.0246 e. The predicted molar refractivity (Wildman–Crippen MR) is 74.3 cm³/mol. The Labute approximate surface area is 107 Å². The van der Waals surface area contributed by atoms with Crippen LogP contribution in [0.4, 0.5) is 0 Å². The molecule has 0 bridgehead atoms. The van der Waals surface area contributed by atoms with E-state index in [-0.39, 0.29) is 0 Å². The first kappa shape index (κ1) is 13.4. The Balaban J connectivity index is 1.91. The molecule has 100 valence electrons. The molecule has 1 saturated carbocycles. The fourth-order valence-corrected chi connectivity index (χ4v) is 3.21. The van der Waals surface area contributed by atoms with E-state index >= 15 is 0 Å². The summed E-state index contributed by atoms with van der Waals surface area (Å²) < 4.78 is 0. The molecule has 2 atom stereocenters. The third-order valence-electron chi connectivity index (χ3n) is 4.53. The minimum absolute atomic E-state index is 0.751. The van der Waals surface area contributed by atoms with E-state index in [4.69, 9.17) is 0 Å². The van der Waals surface area contributed by atoms with E-state index < -0.39 is 0 Å². The van der Waals surface area contributed by atoms with E-state index in [0.717, 1.165) is 24.0 Å². The molecule has 0 spiro atoms. The minimum Gasteiger partial charge on any atom is -0.312 e. The molecule has 1 aliphatic heterocycles. The molecule has 0 radical (unpaired) electrons. The predicted octanol–water partition coefficient (Wildman–Crippen LogP) is 3.03. The number of piperidine rings is 1. The van der Waals surface area contributed by atoms with Gasteiger partial charge >= 0.3 is 0 Å². The van der Waals surface area contributed by atoms with Gasteiger partial charge in [-0.2, -0.15) is 0 Å². The number of hydrogen-bond acceptors (Lipinski definition) is 2. The Bertz CT molecular complexity index is 223. The van der Waals surface area contributed by atoms with Crippen LogP contribution in [0, 0.1) is 5.92 Å². The monoisotopic (exact) mass is 238 g/mol. The summed E-state index contributed by atoms with van der Waals surface area (Å²) in [6.45, 7) is 9.67. The topological polar surface area (TPSA) is 15.3 Å². The fourth-order valence-electron chi connectivity index (χ4n) is 3.21. The van der Waals surface area contributed by atoms with Gasteiger partial charge in [0.05, 0.1) is 0 Å². The number of rotatable bonds is 6. The Morgan fingerprint density at radius 3 is 2.53 bits per heavy atom. The molecule has 2 nitrogen and oxygen atoms in total. The van der Waals surface area contributed by atoms with Gasteiger partial charge in [0.15, 0.2) is 0 Å². The summed E-state index contributed by atoms with van der Waals surface area (Å²) in [6, 6.07) is 2.44. The van der Waals surface area contributed by atoms with Crippen LogP contribution in [-0.2, 0) is 0 Å². The highest BCUT2D eigenvalue weighted by atomic mass is 15.2. The second kappa shape index (κ2) is 6.19. The lowest BCUT2D eigenvalue weighted by molar-refractivity contribution is 0.0662. The lowest BCUT2D eigenvalue weighted by Gasteiger charge is -2.43. The standard InChI is InChI=1S/C15H30N2/c1-4-14-7-5-6-10-17(14)15(12(2)3)11-16-13-8-9-13/h12-16H,4-11H2,1-3H3. The summed E-state index contributed by atoms with van der Waals surface area (Å²) in [5.41, 5.74) is 0. The van der Waals surface area contributed by atoms with E-state index in [1.807, 2.05) is 0 Å². The molecule has 0 amide bonds. The van der Waals surface area contributed by atoms with Crippen LogP contribution in [0.2, 0.25) is 0 Å². The summed E-state index contributed by atoms with van der Waals surface area (Å²) >= 11 is 0. The largest absolute Gasteiger partial charge is 0.312 e. The molecular weight excluding hydrogens is 208 g/mol. The SMILES string of the molecule is CCC1CCCCN1C(CNC1CC1)C(C)C. The van der Waals surface area contributed by atoms with Gasteiger partial charge in [-0.1, -0.05) is 27.2 Å². The average Bonchev–Trinajstić information content (AvgIpc) is 3.13. The van der Waals surface area contributed by atoms with Crippen LogP contribution in [0.25, 0.3) is 0 Å². The summed E-state index contributed by atoms with van der Waals surface area (Å²) in [6.07, 6.45) is 8.40. The molecule has 2 heteroatoms. The molecule has 2 aliphatic rings. The quantitative estimate of drug-likeness (QED) is 0.765. The average molecular weight is 238 g/mol. The molecule has 1 heterocycles. The number of nitrogens with zero attached hydrogens (tertiary/aromatic N) is 1. The van der Waals surface area contributed by atoms with Gasteiger partial charge in [-0.05, 0) is 44.6 Å². The smallest absolute Gasteiger partial charge is 0.0246 e. The van der Waals surface area contributed by atoms with Crippen molar-refractivity contribution in [1.82, 2.24) is 10.2 Å². The van der Waals surface area contributed by atoms with Crippen molar-refractivity contribution < 1.29 is 0 Å². The maximum atomic E-state index is 3.74. The fraction of sp³-hybridized carbons (Fsp3) is 1.00. The van der Waals surface area contributed by atoms with E-state index in [1.54, 1.807) is 0 Å². The Hall–Kier alpha value is -0.0800. The first-order chi connectivity index (χ1) is 8.22. The van der Waals surface area contributed by atoms with E-state index in [1.165, 1.54) is 51.6 Å². The van der Waals surface area contributed by atoms with Crippen LogP contribution in [0.1, 0.15) is 59.3 Å². The van der Waals surface area contributed by atoms with Crippen LogP contribution >= 0.6 is 0 Å². The number of hydrogen-bond donors (Lipinski definition) is 1. The van der Waals surface area contributed by atoms with Crippen molar-refractivity contribution >= 4 is 0 Å². The number of likely N-dealkylation sites (tertiary alicyclic amines) is 1. The van der Waals surface area contributed by atoms with E-state index in [9.17, 15) is 0 Å². The van der Waals surface area contributed by atoms with Gasteiger partial charge in [0.25, 0.3) is 0 Å². The Morgan fingerprint density at radius 1 is 1.18 bits per heavy atom. The molecule has 2 unspecified atom stereocenters. The molecule has 0 aromatic heterocycles. The molecule has 0 aromatic carbocycles. The third-order valence-corrected chi connectivity index (χ3v) is 4.53. The summed E-state index contributed by atoms with van der Waals surface area (Å²) in [5.74, 6) is 0.772. The summed E-state index contributed by atoms with van der Waals surface area (Å²) in [4.78, 5) is 2.81. The van der Waals surface area contributed by atoms with Gasteiger partial charge in [0.1, 0.15) is 0 Å². The molecular formula is C15H30N2. The second-order valence-corrected chi connectivity index (χ2v) is 6.29. The van der Waals surface area contributed by atoms with E-state index in [0.29, 0.717) is 0 Å². The highest BCUT2D eigenvalue weighted by Gasteiger charge is 2.31. The molecule has 0 aromatic rings. The molecule has 1 N–H and O–H groups in total. The molecule has 1 aliphatic carbocycles. The van der Waals surface area contributed by atoms with Gasteiger partial charge in [0, 0.05) is 24.7 Å². The van der Waals surface area contributed by atoms with Crippen molar-refractivity contribution in [3.63, 3.8) is 0 Å². The highest BCUT2D eigenvalue weighted by molar-refractivity contribution is 4.88. The lowest BCUT2D eigenvalue weighted by Crippen LogP contribution is -2.52. The molecule has 17 heavy (non-hydrogen) atoms. The van der Waals surface area contributed by atoms with Crippen LogP contribution in [0.5, 0.6) is 0 Å². The molecule has 1 saturated heterocycles. The Morgan fingerprint density at radius 2 is 1.94 bits per heavy atom. The maximum absolute atomic E-state index is 3.74. The zero-order chi connectivity index (χ0) is 12.3. The van der Waals surface area contributed by atoms with Crippen LogP contribution in [0.15, 0.2) is 0 Å². The van der Waals surface area contributed by atoms with Crippen molar-refractivity contribution in [2.45, 2.75) is 77.4 Å². The first-order valence-electron chi connectivity index (χ1n) is 7.71. The van der Waals surface area contributed by atoms with E-state index in [2.05, 4.69) is 31.0 Å². The Kier molecular flexibility index (Phi) is 4.87. The summed E-state index contributed by atoms with van der Waals surface area (Å²) in [5, 5.41) is 3.74. The van der Waals surface area contributed by atoms with Gasteiger partial charge in [-0.3, -0.25) is 4.90 Å². The van der Waals surface area contributed by atoms with Crippen LogP contribution in [0.3, 0.4) is 0 Å². The molecule has 2 rings (SSSR count). The van der Waals surface area contributed by atoms with Crippen molar-refractivity contribution in [3.8, 4) is 0 Å². The lowest BCUT2D eigenvalue weighted by atomic mass is 9.93. The van der Waals surface area contributed by atoms with Crippen molar-refractivity contribution in [2.75, 3.05) is 13.1 Å². The van der Waals surface area contributed by atoms with Crippen molar-refractivity contribution in [1.29, 1.82) is 0 Å².